The van der Waals surface area contributed by atoms with Crippen molar-refractivity contribution in [3.05, 3.63) is 54.2 Å². The van der Waals surface area contributed by atoms with Gasteiger partial charge in [0.2, 0.25) is 5.91 Å². The summed E-state index contributed by atoms with van der Waals surface area (Å²) in [5.41, 5.74) is 2.17. The van der Waals surface area contributed by atoms with E-state index in [9.17, 15) is 9.59 Å². The number of hydrogen-bond acceptors (Lipinski definition) is 4. The van der Waals surface area contributed by atoms with E-state index in [4.69, 9.17) is 9.47 Å². The van der Waals surface area contributed by atoms with Gasteiger partial charge in [0.15, 0.2) is 17.3 Å². The zero-order valence-corrected chi connectivity index (χ0v) is 15.7. The maximum absolute atomic E-state index is 12.6. The number of para-hydroxylation sites is 1. The number of nitrogens with one attached hydrogen (secondary N) is 1. The fourth-order valence-electron chi connectivity index (χ4n) is 3.39. The number of hydrogen-bond donors (Lipinski definition) is 1. The van der Waals surface area contributed by atoms with Crippen molar-refractivity contribution >= 4 is 28.3 Å². The SMILES string of the molecule is CCC(=O)c1cn(CC(=O)Nc2ccc3c(c2)OCCCO3)c2ccccc12. The number of amides is 1. The molecule has 3 aromatic rings. The van der Waals surface area contributed by atoms with Crippen molar-refractivity contribution in [1.29, 1.82) is 0 Å². The van der Waals surface area contributed by atoms with E-state index in [1.807, 2.05) is 35.8 Å². The number of aromatic nitrogens is 1. The zero-order valence-electron chi connectivity index (χ0n) is 15.7. The second-order valence-corrected chi connectivity index (χ2v) is 6.72. The molecule has 0 atom stereocenters. The predicted molar refractivity (Wildman–Crippen MR) is 107 cm³/mol. The van der Waals surface area contributed by atoms with Crippen molar-refractivity contribution < 1.29 is 19.1 Å². The maximum Gasteiger partial charge on any atom is 0.244 e. The quantitative estimate of drug-likeness (QED) is 0.681. The molecule has 1 aromatic heterocycles. The monoisotopic (exact) mass is 378 g/mol. The van der Waals surface area contributed by atoms with Gasteiger partial charge in [0.1, 0.15) is 6.54 Å². The molecule has 1 N–H and O–H groups in total. The van der Waals surface area contributed by atoms with Crippen LogP contribution in [0.4, 0.5) is 5.69 Å². The van der Waals surface area contributed by atoms with Gasteiger partial charge in [-0.2, -0.15) is 0 Å². The Morgan fingerprint density at radius 1 is 1.07 bits per heavy atom. The molecule has 144 valence electrons. The number of fused-ring (bicyclic) bond motifs is 2. The van der Waals surface area contributed by atoms with Crippen LogP contribution in [0.25, 0.3) is 10.9 Å². The summed E-state index contributed by atoms with van der Waals surface area (Å²) in [5.74, 6) is 1.22. The summed E-state index contributed by atoms with van der Waals surface area (Å²) < 4.78 is 13.1. The third-order valence-electron chi connectivity index (χ3n) is 4.76. The van der Waals surface area contributed by atoms with Gasteiger partial charge in [-0.15, -0.1) is 0 Å². The number of ether oxygens (including phenoxy) is 2. The summed E-state index contributed by atoms with van der Waals surface area (Å²) in [6.07, 6.45) is 3.03. The first kappa shape index (κ1) is 18.1. The van der Waals surface area contributed by atoms with Gasteiger partial charge in [-0.25, -0.2) is 0 Å². The maximum atomic E-state index is 12.6. The molecule has 6 nitrogen and oxygen atoms in total. The highest BCUT2D eigenvalue weighted by molar-refractivity contribution is 6.08. The number of anilines is 1. The van der Waals surface area contributed by atoms with Crippen molar-refractivity contribution in [2.45, 2.75) is 26.3 Å². The molecule has 0 unspecified atom stereocenters. The molecule has 1 aliphatic rings. The van der Waals surface area contributed by atoms with Gasteiger partial charge < -0.3 is 19.4 Å². The molecule has 0 saturated heterocycles. The van der Waals surface area contributed by atoms with Gasteiger partial charge >= 0.3 is 0 Å². The highest BCUT2D eigenvalue weighted by Crippen LogP contribution is 2.32. The van der Waals surface area contributed by atoms with Crippen LogP contribution in [0.5, 0.6) is 11.5 Å². The first-order valence-corrected chi connectivity index (χ1v) is 9.46. The lowest BCUT2D eigenvalue weighted by Crippen LogP contribution is -2.18. The Labute approximate surface area is 163 Å². The Kier molecular flexibility index (Phi) is 5.02. The lowest BCUT2D eigenvalue weighted by atomic mass is 10.1. The molecule has 0 radical (unpaired) electrons. The van der Waals surface area contributed by atoms with Crippen LogP contribution in [0.15, 0.2) is 48.7 Å². The third-order valence-corrected chi connectivity index (χ3v) is 4.76. The van der Waals surface area contributed by atoms with E-state index in [-0.39, 0.29) is 18.2 Å². The molecule has 6 heteroatoms. The summed E-state index contributed by atoms with van der Waals surface area (Å²) in [6, 6.07) is 13.0. The minimum atomic E-state index is -0.175. The highest BCUT2D eigenvalue weighted by atomic mass is 16.5. The van der Waals surface area contributed by atoms with Gasteiger partial charge in [-0.1, -0.05) is 25.1 Å². The summed E-state index contributed by atoms with van der Waals surface area (Å²) in [6.45, 7) is 3.17. The van der Waals surface area contributed by atoms with Crippen LogP contribution < -0.4 is 14.8 Å². The third kappa shape index (κ3) is 3.58. The first-order chi connectivity index (χ1) is 13.7. The average molecular weight is 378 g/mol. The summed E-state index contributed by atoms with van der Waals surface area (Å²) in [5, 5.41) is 3.77. The molecule has 1 aliphatic heterocycles. The van der Waals surface area contributed by atoms with Crippen LogP contribution in [-0.2, 0) is 11.3 Å². The zero-order chi connectivity index (χ0) is 19.5. The first-order valence-electron chi connectivity index (χ1n) is 9.46. The van der Waals surface area contributed by atoms with Crippen LogP contribution >= 0.6 is 0 Å². The molecule has 2 aromatic carbocycles. The van der Waals surface area contributed by atoms with E-state index in [2.05, 4.69) is 5.32 Å². The Balaban J connectivity index is 1.54. The molecule has 0 aliphatic carbocycles. The van der Waals surface area contributed by atoms with E-state index in [0.717, 1.165) is 17.3 Å². The van der Waals surface area contributed by atoms with E-state index in [0.29, 0.717) is 42.4 Å². The molecule has 0 saturated carbocycles. The Bertz CT molecular complexity index is 1040. The smallest absolute Gasteiger partial charge is 0.244 e. The molecule has 0 fully saturated rings. The standard InChI is InChI=1S/C22H22N2O4/c1-2-19(25)17-13-24(18-7-4-3-6-16(17)18)14-22(26)23-15-8-9-20-21(12-15)28-11-5-10-27-20/h3-4,6-9,12-13H,2,5,10-11,14H2,1H3,(H,23,26). The number of carbonyl (C=O) groups is 2. The minimum Gasteiger partial charge on any atom is -0.490 e. The number of ketones is 1. The summed E-state index contributed by atoms with van der Waals surface area (Å²) in [4.78, 5) is 24.9. The Morgan fingerprint density at radius 3 is 2.68 bits per heavy atom. The fourth-order valence-corrected chi connectivity index (χ4v) is 3.39. The van der Waals surface area contributed by atoms with Crippen molar-refractivity contribution in [3.8, 4) is 11.5 Å². The van der Waals surface area contributed by atoms with Crippen molar-refractivity contribution in [2.24, 2.45) is 0 Å². The molecule has 2 heterocycles. The van der Waals surface area contributed by atoms with Crippen LogP contribution in [0.3, 0.4) is 0 Å². The number of rotatable bonds is 5. The van der Waals surface area contributed by atoms with Gasteiger partial charge in [-0.05, 0) is 18.2 Å². The van der Waals surface area contributed by atoms with Crippen LogP contribution in [0.2, 0.25) is 0 Å². The highest BCUT2D eigenvalue weighted by Gasteiger charge is 2.16. The van der Waals surface area contributed by atoms with Gasteiger partial charge in [-0.3, -0.25) is 9.59 Å². The van der Waals surface area contributed by atoms with Gasteiger partial charge in [0, 0.05) is 47.3 Å². The normalized spacial score (nSPS) is 13.2. The van der Waals surface area contributed by atoms with Crippen molar-refractivity contribution in [3.63, 3.8) is 0 Å². The molecular weight excluding hydrogens is 356 g/mol. The lowest BCUT2D eigenvalue weighted by molar-refractivity contribution is -0.116. The largest absolute Gasteiger partial charge is 0.490 e. The van der Waals surface area contributed by atoms with Gasteiger partial charge in [0.05, 0.1) is 13.2 Å². The minimum absolute atomic E-state index is 0.0678. The van der Waals surface area contributed by atoms with Crippen molar-refractivity contribution in [1.82, 2.24) is 4.57 Å². The second-order valence-electron chi connectivity index (χ2n) is 6.72. The molecule has 1 amide bonds. The molecule has 4 rings (SSSR count). The van der Waals surface area contributed by atoms with Crippen LogP contribution in [-0.4, -0.2) is 29.5 Å². The number of Topliss-reactive ketones (excluding diaryl/α,β-unsaturated/α-hetero) is 1. The average Bonchev–Trinajstić information content (AvgIpc) is 2.90. The van der Waals surface area contributed by atoms with Crippen molar-refractivity contribution in [2.75, 3.05) is 18.5 Å². The molecule has 0 spiro atoms. The number of carbonyl (C=O) groups excluding carboxylic acids is 2. The van der Waals surface area contributed by atoms with E-state index < -0.39 is 0 Å². The van der Waals surface area contributed by atoms with E-state index >= 15 is 0 Å². The predicted octanol–water partition coefficient (Wildman–Crippen LogP) is 4.03. The topological polar surface area (TPSA) is 69.6 Å². The number of nitrogens with zero attached hydrogens (tertiary/aromatic N) is 1. The number of benzene rings is 2. The van der Waals surface area contributed by atoms with Crippen LogP contribution in [0.1, 0.15) is 30.1 Å². The Morgan fingerprint density at radius 2 is 1.86 bits per heavy atom. The fraction of sp³-hybridized carbons (Fsp3) is 0.273. The Hall–Kier alpha value is -3.28. The molecular formula is C22H22N2O4. The molecule has 0 bridgehead atoms. The second kappa shape index (κ2) is 7.76. The van der Waals surface area contributed by atoms with E-state index in [1.165, 1.54) is 0 Å². The lowest BCUT2D eigenvalue weighted by Gasteiger charge is -2.11. The van der Waals surface area contributed by atoms with Crippen LogP contribution in [0, 0.1) is 0 Å². The van der Waals surface area contributed by atoms with Gasteiger partial charge in [0.25, 0.3) is 0 Å². The summed E-state index contributed by atoms with van der Waals surface area (Å²) in [7, 11) is 0. The van der Waals surface area contributed by atoms with E-state index in [1.54, 1.807) is 24.4 Å². The molecule has 28 heavy (non-hydrogen) atoms. The summed E-state index contributed by atoms with van der Waals surface area (Å²) >= 11 is 0.